The van der Waals surface area contributed by atoms with Gasteiger partial charge in [0.25, 0.3) is 0 Å². The number of amides is 7. The number of esters is 1. The molecular formula is C49H69ClN10O13. The minimum absolute atomic E-state index is 0.0206. The van der Waals surface area contributed by atoms with E-state index in [4.69, 9.17) is 27.8 Å². The van der Waals surface area contributed by atoms with Crippen LogP contribution in [0.15, 0.2) is 53.5 Å². The molecule has 400 valence electrons. The molecule has 12 N–H and O–H groups in total. The molecule has 4 rings (SSSR count). The molecule has 2 saturated heterocycles. The number of phenols is 1. The van der Waals surface area contributed by atoms with Crippen molar-refractivity contribution in [1.29, 1.82) is 0 Å². The number of halogens is 1. The fourth-order valence-electron chi connectivity index (χ4n) is 8.45. The highest BCUT2D eigenvalue weighted by Crippen LogP contribution is 2.27. The summed E-state index contributed by atoms with van der Waals surface area (Å²) in [6.07, 6.45) is -3.04. The Morgan fingerprint density at radius 2 is 1.58 bits per heavy atom. The normalized spacial score (nSPS) is 23.9. The summed E-state index contributed by atoms with van der Waals surface area (Å²) in [6, 6.07) is 1.70. The largest absolute Gasteiger partial charge is 0.506 e. The number of phenolic OH excluding ortho intramolecular Hbond substituents is 1. The van der Waals surface area contributed by atoms with Gasteiger partial charge in [0.15, 0.2) is 5.96 Å². The zero-order valence-corrected chi connectivity index (χ0v) is 42.4. The number of rotatable bonds is 18. The van der Waals surface area contributed by atoms with Crippen molar-refractivity contribution < 1.29 is 63.2 Å². The van der Waals surface area contributed by atoms with Crippen LogP contribution in [0.3, 0.4) is 0 Å². The second kappa shape index (κ2) is 27.7. The number of unbranched alkanes of at least 4 members (excludes halogenated alkanes) is 2. The minimum atomic E-state index is -1.90. The first-order valence-corrected chi connectivity index (χ1v) is 24.7. The molecule has 0 aliphatic carbocycles. The van der Waals surface area contributed by atoms with Crippen LogP contribution in [0.5, 0.6) is 5.75 Å². The number of carbonyl (C=O) groups is 9. The Balaban J connectivity index is 1.89. The molecule has 0 saturated carbocycles. The molecule has 23 nitrogen and oxygen atoms in total. The van der Waals surface area contributed by atoms with E-state index in [1.165, 1.54) is 32.2 Å². The third-order valence-corrected chi connectivity index (χ3v) is 12.8. The van der Waals surface area contributed by atoms with Crippen LogP contribution in [0.2, 0.25) is 5.02 Å². The number of hydrogen-bond acceptors (Lipinski definition) is 13. The molecule has 2 aliphatic heterocycles. The molecule has 7 amide bonds. The number of ether oxygens (including phenoxy) is 1. The number of aliphatic imine (C=N–C) groups is 1. The average molecular weight is 1040 g/mol. The summed E-state index contributed by atoms with van der Waals surface area (Å²) in [5.41, 5.74) is 12.0. The fourth-order valence-corrected chi connectivity index (χ4v) is 8.65. The van der Waals surface area contributed by atoms with E-state index in [2.05, 4.69) is 31.6 Å². The van der Waals surface area contributed by atoms with E-state index in [1.807, 2.05) is 6.92 Å². The van der Waals surface area contributed by atoms with Gasteiger partial charge in [-0.25, -0.2) is 4.79 Å². The number of nitrogens with zero attached hydrogens (tertiary/aromatic N) is 3. The van der Waals surface area contributed by atoms with Crippen molar-refractivity contribution in [3.63, 3.8) is 0 Å². The van der Waals surface area contributed by atoms with Gasteiger partial charge < -0.3 is 67.9 Å². The maximum Gasteiger partial charge on any atom is 0.329 e. The van der Waals surface area contributed by atoms with Crippen LogP contribution < -0.4 is 38.1 Å². The third kappa shape index (κ3) is 17.0. The predicted octanol–water partition coefficient (Wildman–Crippen LogP) is 0.101. The molecule has 0 spiro atoms. The number of hydrogen-bond donors (Lipinski definition) is 10. The lowest BCUT2D eigenvalue weighted by Crippen LogP contribution is -2.65. The zero-order valence-electron chi connectivity index (χ0n) is 41.7. The zero-order chi connectivity index (χ0) is 54.1. The van der Waals surface area contributed by atoms with E-state index in [-0.39, 0.29) is 68.2 Å². The molecule has 2 aromatic carbocycles. The van der Waals surface area contributed by atoms with Gasteiger partial charge in [0, 0.05) is 32.9 Å². The van der Waals surface area contributed by atoms with Gasteiger partial charge in [-0.05, 0) is 68.2 Å². The highest BCUT2D eigenvalue weighted by atomic mass is 35.5. The number of likely N-dealkylation sites (N-methyl/N-ethyl adjacent to an activating group) is 1. The van der Waals surface area contributed by atoms with Crippen LogP contribution in [-0.4, -0.2) is 153 Å². The molecule has 2 aliphatic rings. The summed E-state index contributed by atoms with van der Waals surface area (Å²) < 4.78 is 5.83. The number of nitrogens with two attached hydrogens (primary N) is 2. The van der Waals surface area contributed by atoms with Gasteiger partial charge >= 0.3 is 11.9 Å². The Morgan fingerprint density at radius 1 is 0.890 bits per heavy atom. The van der Waals surface area contributed by atoms with Gasteiger partial charge in [0.05, 0.1) is 11.4 Å². The Kier molecular flexibility index (Phi) is 22.2. The number of guanidine groups is 1. The molecule has 9 atom stereocenters. The number of nitrogens with one attached hydrogen (secondary N) is 5. The maximum atomic E-state index is 15.1. The van der Waals surface area contributed by atoms with Gasteiger partial charge in [0.1, 0.15) is 60.4 Å². The maximum absolute atomic E-state index is 15.1. The standard InChI is InChI=1S/C49H69ClN10O13/c1-6-7-9-16-37(62)54-33(25-39(64)65)43(67)58-41-27(4)73-48(72)40(26(2)3)57-44(68)34(24-29-17-19-36(61)30(50)22-29)59(5)47(71)35(23-28-13-10-8-11-14-28)60-38(63)20-18-32(46(60)70)56-42(66)31(55-45(41)69)15-12-21-53-49(51)52/h8,10-11,13-14,17,19,22,26-27,31-35,38,40-41,61,63H,6-7,9,12,15-16,18,20-21,23-25H2,1-5H3,(H,54,62)(H,55,69)(H,56,66)(H,57,68)(H,58,67)(H,64,65)(H4,51,52,53)/t27-,31-,32-,33-,34-,35-,38+,40-,41-/m0/s1. The summed E-state index contributed by atoms with van der Waals surface area (Å²) in [6.45, 7) is 6.26. The lowest BCUT2D eigenvalue weighted by atomic mass is 9.95. The number of aromatic hydroxyl groups is 1. The number of aliphatic hydroxyl groups excluding tert-OH is 1. The highest BCUT2D eigenvalue weighted by molar-refractivity contribution is 6.32. The summed E-state index contributed by atoms with van der Waals surface area (Å²) in [4.78, 5) is 133. The lowest BCUT2D eigenvalue weighted by Gasteiger charge is -2.43. The van der Waals surface area contributed by atoms with Crippen LogP contribution in [0.1, 0.15) is 96.6 Å². The van der Waals surface area contributed by atoms with Crippen LogP contribution >= 0.6 is 11.6 Å². The summed E-state index contributed by atoms with van der Waals surface area (Å²) in [5, 5.41) is 44.1. The topological polar surface area (TPSA) is 355 Å². The number of carboxylic acids is 1. The smallest absolute Gasteiger partial charge is 0.329 e. The van der Waals surface area contributed by atoms with Crippen molar-refractivity contribution in [3.8, 4) is 5.75 Å². The van der Waals surface area contributed by atoms with Crippen molar-refractivity contribution in [2.75, 3.05) is 13.6 Å². The number of fused-ring (bicyclic) bond motifs is 2. The first-order valence-electron chi connectivity index (χ1n) is 24.3. The number of cyclic esters (lactones) is 1. The average Bonchev–Trinajstić information content (AvgIpc) is 3.33. The van der Waals surface area contributed by atoms with E-state index in [0.29, 0.717) is 24.0 Å². The van der Waals surface area contributed by atoms with Crippen molar-refractivity contribution in [2.24, 2.45) is 22.4 Å². The Labute approximate surface area is 428 Å². The number of piperidine rings is 1. The Morgan fingerprint density at radius 3 is 2.21 bits per heavy atom. The summed E-state index contributed by atoms with van der Waals surface area (Å²) in [7, 11) is 1.31. The molecule has 73 heavy (non-hydrogen) atoms. The van der Waals surface area contributed by atoms with Gasteiger partial charge in [-0.3, -0.25) is 43.3 Å². The summed E-state index contributed by atoms with van der Waals surface area (Å²) in [5.74, 6) is -10.3. The Bertz CT molecular complexity index is 2340. The molecule has 2 fully saturated rings. The van der Waals surface area contributed by atoms with Crippen LogP contribution in [0, 0.1) is 5.92 Å². The van der Waals surface area contributed by atoms with Gasteiger partial charge in [0.2, 0.25) is 41.4 Å². The molecular weight excluding hydrogens is 972 g/mol. The molecule has 0 radical (unpaired) electrons. The monoisotopic (exact) mass is 1040 g/mol. The lowest BCUT2D eigenvalue weighted by molar-refractivity contribution is -0.165. The number of carbonyl (C=O) groups excluding carboxylic acids is 8. The SMILES string of the molecule is CCCCCC(=O)N[C@@H](CC(=O)O)C(=O)N[C@@H]1C(=O)N[C@@H](CCCN=C(N)N)C(=O)N[C@H]2CC[C@@H](O)N(C2=O)[C@@H](Cc2ccccc2)C(=O)N(C)[C@@H](Cc2ccc(O)c(Cl)c2)C(=O)N[C@@H](C(C)C)C(=O)O[C@H]1C. The van der Waals surface area contributed by atoms with Gasteiger partial charge in [-0.15, -0.1) is 0 Å². The van der Waals surface area contributed by atoms with E-state index in [9.17, 15) is 53.7 Å². The number of aliphatic hydroxyl groups is 1. The third-order valence-electron chi connectivity index (χ3n) is 12.5. The van der Waals surface area contributed by atoms with Crippen molar-refractivity contribution in [1.82, 2.24) is 36.4 Å². The quantitative estimate of drug-likeness (QED) is 0.0410. The molecule has 2 heterocycles. The van der Waals surface area contributed by atoms with E-state index < -0.39 is 120 Å². The van der Waals surface area contributed by atoms with E-state index >= 15 is 4.79 Å². The van der Waals surface area contributed by atoms with E-state index in [0.717, 1.165) is 16.2 Å². The molecule has 2 bridgehead atoms. The summed E-state index contributed by atoms with van der Waals surface area (Å²) >= 11 is 6.27. The second-order valence-electron chi connectivity index (χ2n) is 18.6. The van der Waals surface area contributed by atoms with Gasteiger partial charge in [-0.1, -0.05) is 81.6 Å². The number of carboxylic acid groups (broad SMARTS) is 1. The van der Waals surface area contributed by atoms with Crippen molar-refractivity contribution >= 4 is 70.8 Å². The van der Waals surface area contributed by atoms with Crippen LogP contribution in [0.4, 0.5) is 0 Å². The van der Waals surface area contributed by atoms with Crippen molar-refractivity contribution in [3.05, 3.63) is 64.7 Å². The number of aliphatic carboxylic acids is 1. The second-order valence-corrected chi connectivity index (χ2v) is 19.0. The van der Waals surface area contributed by atoms with Gasteiger partial charge in [-0.2, -0.15) is 0 Å². The minimum Gasteiger partial charge on any atom is -0.506 e. The first-order chi connectivity index (χ1) is 34.5. The van der Waals surface area contributed by atoms with Crippen molar-refractivity contribution in [2.45, 2.75) is 153 Å². The fraction of sp³-hybridized carbons (Fsp3) is 0.551. The number of benzene rings is 2. The van der Waals surface area contributed by atoms with E-state index in [1.54, 1.807) is 44.2 Å². The highest BCUT2D eigenvalue weighted by Gasteiger charge is 2.46. The van der Waals surface area contributed by atoms with Crippen LogP contribution in [0.25, 0.3) is 0 Å². The first kappa shape index (κ1) is 58.6. The Hall–Kier alpha value is -7.01. The molecule has 2 aromatic rings. The molecule has 0 aromatic heterocycles. The molecule has 24 heteroatoms. The van der Waals surface area contributed by atoms with Crippen LogP contribution in [-0.2, 0) is 60.7 Å². The molecule has 0 unspecified atom stereocenters. The predicted molar refractivity (Wildman–Crippen MR) is 266 cm³/mol.